The third kappa shape index (κ3) is 8.56. The van der Waals surface area contributed by atoms with E-state index >= 15 is 0 Å². The van der Waals surface area contributed by atoms with Gasteiger partial charge in [0.25, 0.3) is 0 Å². The first-order valence-corrected chi connectivity index (χ1v) is 17.2. The lowest BCUT2D eigenvalue weighted by molar-refractivity contribution is -0.120. The van der Waals surface area contributed by atoms with Crippen LogP contribution in [-0.4, -0.2) is 73.8 Å². The highest BCUT2D eigenvalue weighted by Crippen LogP contribution is 2.42. The van der Waals surface area contributed by atoms with Crippen LogP contribution in [0.3, 0.4) is 0 Å². The van der Waals surface area contributed by atoms with E-state index in [0.29, 0.717) is 45.7 Å². The first-order chi connectivity index (χ1) is 23.7. The molecule has 0 unspecified atom stereocenters. The molecule has 260 valence electrons. The van der Waals surface area contributed by atoms with E-state index in [4.69, 9.17) is 14.2 Å². The molecule has 0 atom stereocenters. The van der Waals surface area contributed by atoms with Crippen molar-refractivity contribution in [3.63, 3.8) is 0 Å². The van der Waals surface area contributed by atoms with E-state index in [1.165, 1.54) is 24.3 Å². The van der Waals surface area contributed by atoms with Gasteiger partial charge in [-0.25, -0.2) is 13.9 Å². The van der Waals surface area contributed by atoms with Crippen LogP contribution >= 0.6 is 7.82 Å². The number of ketones is 1. The predicted molar refractivity (Wildman–Crippen MR) is 191 cm³/mol. The Morgan fingerprint density at radius 3 is 2.28 bits per heavy atom. The summed E-state index contributed by atoms with van der Waals surface area (Å²) in [4.78, 5) is 58.2. The van der Waals surface area contributed by atoms with Gasteiger partial charge < -0.3 is 29.6 Å². The topological polar surface area (TPSA) is 182 Å². The second kappa shape index (κ2) is 15.0. The number of benzene rings is 4. The first kappa shape index (κ1) is 35.8. The molecule has 0 radical (unpaired) electrons. The maximum Gasteiger partial charge on any atom is 0.524 e. The van der Waals surface area contributed by atoms with Crippen molar-refractivity contribution in [1.82, 2.24) is 9.89 Å². The smallest absolute Gasteiger partial charge is 0.478 e. The van der Waals surface area contributed by atoms with Crippen LogP contribution in [0.4, 0.5) is 11.4 Å². The van der Waals surface area contributed by atoms with Crippen LogP contribution in [0, 0.1) is 0 Å². The van der Waals surface area contributed by atoms with Crippen LogP contribution in [0.1, 0.15) is 33.6 Å². The third-order valence-corrected chi connectivity index (χ3v) is 8.45. The largest absolute Gasteiger partial charge is 0.524 e. The fourth-order valence-electron chi connectivity index (χ4n) is 5.46. The summed E-state index contributed by atoms with van der Waals surface area (Å²) < 4.78 is 23.8. The predicted octanol–water partition coefficient (Wildman–Crippen LogP) is 4.66. The van der Waals surface area contributed by atoms with Gasteiger partial charge in [-0.15, -0.1) is 0 Å². The fourth-order valence-corrected chi connectivity index (χ4v) is 5.86. The molecule has 1 aliphatic carbocycles. The summed E-state index contributed by atoms with van der Waals surface area (Å²) in [5.41, 5.74) is 4.08. The van der Waals surface area contributed by atoms with Crippen LogP contribution < -0.4 is 30.0 Å². The number of carbonyl (C=O) groups is 3. The van der Waals surface area contributed by atoms with Gasteiger partial charge in [0.05, 0.1) is 11.6 Å². The number of Topliss-reactive ketones (excluding diaryl/α,β-unsaturated/α-hetero) is 1. The van der Waals surface area contributed by atoms with Crippen molar-refractivity contribution in [2.75, 3.05) is 51.5 Å². The number of aromatic carboxylic acids is 1. The molecule has 5 rings (SSSR count). The van der Waals surface area contributed by atoms with Crippen LogP contribution in [0.15, 0.2) is 83.3 Å². The number of phosphoric ester groups is 1. The molecule has 2 aliphatic rings. The van der Waals surface area contributed by atoms with E-state index < -0.39 is 13.8 Å². The Balaban J connectivity index is 1.34. The summed E-state index contributed by atoms with van der Waals surface area (Å²) in [5, 5.41) is 17.6. The maximum absolute atomic E-state index is 13.4. The number of anilines is 2. The van der Waals surface area contributed by atoms with Gasteiger partial charge >= 0.3 is 13.8 Å². The lowest BCUT2D eigenvalue weighted by Gasteiger charge is -2.19. The number of carboxylic acid groups (broad SMARTS) is 1. The van der Waals surface area contributed by atoms with E-state index in [1.54, 1.807) is 18.2 Å². The SMILES string of the molecule is CN(C)c1ccc2c(-c3cc(C(=O)CCC(=O)NCCNc4ccc(OP(=O)(O)O)cc4)ccc3C(=O)O)c3ccc(=[N+](C)C)cc-3oc2c1. The number of fused-ring (bicyclic) bond motifs is 2. The molecule has 0 saturated carbocycles. The highest BCUT2D eigenvalue weighted by Gasteiger charge is 2.24. The number of nitrogens with zero attached hydrogens (tertiary/aromatic N) is 2. The van der Waals surface area contributed by atoms with Crippen LogP contribution in [0.2, 0.25) is 0 Å². The number of carboxylic acids is 1. The number of phosphoric acid groups is 1. The number of nitrogens with one attached hydrogen (secondary N) is 2. The maximum atomic E-state index is 13.4. The molecule has 0 saturated heterocycles. The minimum absolute atomic E-state index is 0.0183. The minimum Gasteiger partial charge on any atom is -0.478 e. The molecule has 3 aromatic carbocycles. The second-order valence-electron chi connectivity index (χ2n) is 12.0. The fraction of sp³-hybridized carbons (Fsp3) is 0.222. The lowest BCUT2D eigenvalue weighted by Crippen LogP contribution is -2.29. The van der Waals surface area contributed by atoms with Gasteiger partial charge in [0.1, 0.15) is 31.2 Å². The van der Waals surface area contributed by atoms with Crippen LogP contribution in [0.5, 0.6) is 5.75 Å². The van der Waals surface area contributed by atoms with Gasteiger partial charge in [0.15, 0.2) is 5.78 Å². The van der Waals surface area contributed by atoms with E-state index in [1.807, 2.05) is 74.1 Å². The number of carbonyl (C=O) groups excluding carboxylic acids is 2. The summed E-state index contributed by atoms with van der Waals surface area (Å²) in [7, 11) is 3.02. The van der Waals surface area contributed by atoms with E-state index in [9.17, 15) is 24.1 Å². The Morgan fingerprint density at radius 1 is 0.880 bits per heavy atom. The minimum atomic E-state index is -4.65. The van der Waals surface area contributed by atoms with E-state index in [-0.39, 0.29) is 48.0 Å². The molecule has 0 fully saturated rings. The zero-order valence-corrected chi connectivity index (χ0v) is 28.9. The molecule has 0 bridgehead atoms. The molecule has 0 aromatic heterocycles. The summed E-state index contributed by atoms with van der Waals surface area (Å²) in [6, 6.07) is 21.8. The summed E-state index contributed by atoms with van der Waals surface area (Å²) in [6.07, 6.45) is -0.157. The van der Waals surface area contributed by atoms with Gasteiger partial charge in [-0.05, 0) is 60.2 Å². The van der Waals surface area contributed by atoms with E-state index in [0.717, 1.165) is 11.0 Å². The van der Waals surface area contributed by atoms with Gasteiger partial charge in [0.2, 0.25) is 11.3 Å². The molecule has 3 aromatic rings. The third-order valence-electron chi connectivity index (χ3n) is 8.00. The van der Waals surface area contributed by atoms with Crippen molar-refractivity contribution >= 4 is 47.8 Å². The van der Waals surface area contributed by atoms with E-state index in [2.05, 4.69) is 15.2 Å². The highest BCUT2D eigenvalue weighted by atomic mass is 31.2. The van der Waals surface area contributed by atoms with Gasteiger partial charge in [-0.3, -0.25) is 19.4 Å². The van der Waals surface area contributed by atoms with Gasteiger partial charge in [-0.2, -0.15) is 0 Å². The van der Waals surface area contributed by atoms with Crippen molar-refractivity contribution in [1.29, 1.82) is 0 Å². The highest BCUT2D eigenvalue weighted by molar-refractivity contribution is 7.46. The van der Waals surface area contributed by atoms with Crippen molar-refractivity contribution in [2.24, 2.45) is 0 Å². The number of rotatable bonds is 13. The Labute approximate surface area is 288 Å². The van der Waals surface area contributed by atoms with Crippen molar-refractivity contribution < 1.29 is 42.8 Å². The molecule has 1 amide bonds. The quantitative estimate of drug-likeness (QED) is 0.0379. The Hall–Kier alpha value is -5.49. The second-order valence-corrected chi connectivity index (χ2v) is 13.2. The normalized spacial score (nSPS) is 11.3. The monoisotopic (exact) mass is 701 g/mol. The average Bonchev–Trinajstić information content (AvgIpc) is 3.07. The number of hydrogen-bond donors (Lipinski definition) is 5. The number of amides is 1. The van der Waals surface area contributed by atoms with Crippen molar-refractivity contribution in [3.8, 4) is 28.2 Å². The van der Waals surface area contributed by atoms with Crippen molar-refractivity contribution in [3.05, 3.63) is 95.3 Å². The molecule has 1 aliphatic heterocycles. The Kier molecular flexibility index (Phi) is 10.7. The van der Waals surface area contributed by atoms with Crippen molar-refractivity contribution in [2.45, 2.75) is 12.8 Å². The molecule has 50 heavy (non-hydrogen) atoms. The summed E-state index contributed by atoms with van der Waals surface area (Å²) in [5.74, 6) is -1.21. The van der Waals surface area contributed by atoms with Crippen LogP contribution in [-0.2, 0) is 9.36 Å². The number of hydrogen-bond acceptors (Lipinski definition) is 8. The molecular formula is C36H38N4O9P+. The van der Waals surface area contributed by atoms with Gasteiger partial charge in [-0.1, -0.05) is 6.07 Å². The molecule has 0 spiro atoms. The van der Waals surface area contributed by atoms with Crippen LogP contribution in [0.25, 0.3) is 33.4 Å². The van der Waals surface area contributed by atoms with Gasteiger partial charge in [0, 0.05) is 85.6 Å². The molecular weight excluding hydrogens is 663 g/mol. The standard InChI is InChI=1S/C36H37N4O9P/c1-39(2)24-8-13-28-32(20-24)48-33-21-25(40(3)4)9-14-29(33)35(28)30-19-22(5-12-27(30)36(43)44)31(41)15-16-34(42)38-18-17-37-23-6-10-26(11-7-23)49-50(45,46)47/h5-14,19-21,37H,15-18H2,1-4H3,(H3-,38,42,43,44,45,46,47)/p+1. The Bertz CT molecular complexity index is 2170. The summed E-state index contributed by atoms with van der Waals surface area (Å²) in [6.45, 7) is 0.616. The molecule has 5 N–H and O–H groups in total. The molecule has 1 heterocycles. The Morgan fingerprint density at radius 2 is 1.62 bits per heavy atom. The molecule has 13 nitrogen and oxygen atoms in total. The average molecular weight is 702 g/mol. The zero-order chi connectivity index (χ0) is 36.2. The summed E-state index contributed by atoms with van der Waals surface area (Å²) >= 11 is 0. The zero-order valence-electron chi connectivity index (χ0n) is 28.0. The molecule has 14 heteroatoms. The lowest BCUT2D eigenvalue weighted by atomic mass is 9.88. The first-order valence-electron chi connectivity index (χ1n) is 15.6.